The van der Waals surface area contributed by atoms with Crippen molar-refractivity contribution >= 4 is 66.0 Å². The van der Waals surface area contributed by atoms with Gasteiger partial charge in [-0.15, -0.1) is 0 Å². The van der Waals surface area contributed by atoms with E-state index in [2.05, 4.69) is 31.9 Å². The van der Waals surface area contributed by atoms with Crippen LogP contribution in [0.4, 0.5) is 60.5 Å². The number of aryl methyl sites for hydroxylation is 2. The molecule has 5 aromatic carbocycles. The average molecular weight is 734 g/mol. The zero-order valence-electron chi connectivity index (χ0n) is 23.3. The number of halogens is 8. The number of nitrogens with zero attached hydrogens (tertiary/aromatic N) is 2. The Hall–Kier alpha value is -3.76. The van der Waals surface area contributed by atoms with Gasteiger partial charge in [-0.05, 0) is 134 Å². The van der Waals surface area contributed by atoms with Gasteiger partial charge in [0.25, 0.3) is 0 Å². The van der Waals surface area contributed by atoms with Gasteiger partial charge < -0.3 is 9.80 Å². The van der Waals surface area contributed by atoms with E-state index in [-0.39, 0.29) is 0 Å². The lowest BCUT2D eigenvalue weighted by Crippen LogP contribution is -2.14. The summed E-state index contributed by atoms with van der Waals surface area (Å²) in [5.41, 5.74) is 2.33. The lowest BCUT2D eigenvalue weighted by atomic mass is 10.1. The third-order valence-corrected chi connectivity index (χ3v) is 7.89. The van der Waals surface area contributed by atoms with Crippen LogP contribution in [0, 0.1) is 13.8 Å². The maximum absolute atomic E-state index is 13.8. The summed E-state index contributed by atoms with van der Waals surface area (Å²) in [6.45, 7) is 3.21. The van der Waals surface area contributed by atoms with E-state index in [9.17, 15) is 26.3 Å². The minimum Gasteiger partial charge on any atom is -0.310 e. The Labute approximate surface area is 267 Å². The Kier molecular flexibility index (Phi) is 8.87. The molecule has 0 saturated carbocycles. The Bertz CT molecular complexity index is 1630. The standard InChI is InChI=1S/C34H24Br2F6N2/c1-21-15-23(33(37,38)39)19-31(17-21)43(27-7-3-25(35)4-8-27)29-11-13-30(14-12-29)44(28-9-5-26(36)6-10-28)32-18-22(2)16-24(20-32)34(40,41)42/h3-20H,1-2H3. The van der Waals surface area contributed by atoms with Crippen molar-refractivity contribution in [3.63, 3.8) is 0 Å². The van der Waals surface area contributed by atoms with E-state index >= 15 is 0 Å². The number of alkyl halides is 6. The first kappa shape index (κ1) is 31.7. The Morgan fingerprint density at radius 1 is 0.409 bits per heavy atom. The van der Waals surface area contributed by atoms with Gasteiger partial charge in [0.2, 0.25) is 0 Å². The van der Waals surface area contributed by atoms with Crippen LogP contribution in [0.2, 0.25) is 0 Å². The fraction of sp³-hybridized carbons (Fsp3) is 0.118. The van der Waals surface area contributed by atoms with E-state index < -0.39 is 23.5 Å². The molecule has 0 amide bonds. The first-order valence-electron chi connectivity index (χ1n) is 13.3. The molecular weight excluding hydrogens is 710 g/mol. The van der Waals surface area contributed by atoms with Gasteiger partial charge in [-0.1, -0.05) is 31.9 Å². The molecule has 0 aliphatic carbocycles. The molecule has 0 unspecified atom stereocenters. The molecule has 0 aliphatic heterocycles. The monoisotopic (exact) mass is 732 g/mol. The summed E-state index contributed by atoms with van der Waals surface area (Å²) in [6.07, 6.45) is -9.07. The van der Waals surface area contributed by atoms with Crippen molar-refractivity contribution < 1.29 is 26.3 Å². The smallest absolute Gasteiger partial charge is 0.310 e. The summed E-state index contributed by atoms with van der Waals surface area (Å²) in [5, 5.41) is 0. The minimum absolute atomic E-state index is 0.311. The second kappa shape index (κ2) is 12.3. The van der Waals surface area contributed by atoms with Gasteiger partial charge in [-0.25, -0.2) is 0 Å². The quantitative estimate of drug-likeness (QED) is 0.160. The van der Waals surface area contributed by atoms with Crippen molar-refractivity contribution in [2.75, 3.05) is 9.80 Å². The number of rotatable bonds is 6. The van der Waals surface area contributed by atoms with Crippen LogP contribution < -0.4 is 9.80 Å². The normalized spacial score (nSPS) is 11.9. The van der Waals surface area contributed by atoms with Gasteiger partial charge >= 0.3 is 12.4 Å². The van der Waals surface area contributed by atoms with Crippen molar-refractivity contribution in [2.45, 2.75) is 26.2 Å². The predicted molar refractivity (Wildman–Crippen MR) is 171 cm³/mol. The summed E-state index contributed by atoms with van der Waals surface area (Å²) >= 11 is 6.81. The molecule has 0 bridgehead atoms. The Morgan fingerprint density at radius 2 is 0.682 bits per heavy atom. The van der Waals surface area contributed by atoms with Crippen LogP contribution in [0.3, 0.4) is 0 Å². The van der Waals surface area contributed by atoms with Crippen LogP contribution in [0.5, 0.6) is 0 Å². The zero-order valence-corrected chi connectivity index (χ0v) is 26.5. The number of hydrogen-bond donors (Lipinski definition) is 0. The van der Waals surface area contributed by atoms with E-state index in [4.69, 9.17) is 0 Å². The molecule has 0 aromatic heterocycles. The first-order chi connectivity index (χ1) is 20.7. The van der Waals surface area contributed by atoms with Crippen molar-refractivity contribution in [1.29, 1.82) is 0 Å². The van der Waals surface area contributed by atoms with E-state index in [0.717, 1.165) is 33.2 Å². The van der Waals surface area contributed by atoms with E-state index in [1.807, 2.05) is 0 Å². The average Bonchev–Trinajstić information content (AvgIpc) is 2.95. The van der Waals surface area contributed by atoms with Gasteiger partial charge in [0.15, 0.2) is 0 Å². The second-order valence-electron chi connectivity index (χ2n) is 10.3. The maximum Gasteiger partial charge on any atom is 0.416 e. The molecule has 5 rings (SSSR count). The first-order valence-corrected chi connectivity index (χ1v) is 14.9. The summed E-state index contributed by atoms with van der Waals surface area (Å²) in [6, 6.07) is 29.0. The van der Waals surface area contributed by atoms with E-state index in [1.54, 1.807) is 109 Å². The van der Waals surface area contributed by atoms with Crippen LogP contribution in [0.25, 0.3) is 0 Å². The fourth-order valence-electron chi connectivity index (χ4n) is 4.94. The van der Waals surface area contributed by atoms with E-state index in [0.29, 0.717) is 45.3 Å². The number of hydrogen-bond acceptors (Lipinski definition) is 2. The number of benzene rings is 5. The molecule has 0 atom stereocenters. The lowest BCUT2D eigenvalue weighted by molar-refractivity contribution is -0.138. The van der Waals surface area contributed by atoms with Crippen molar-refractivity contribution in [1.82, 2.24) is 0 Å². The summed E-state index contributed by atoms with van der Waals surface area (Å²) in [4.78, 5) is 3.41. The maximum atomic E-state index is 13.8. The third kappa shape index (κ3) is 7.13. The predicted octanol–water partition coefficient (Wildman–Crippen LogP) is 12.8. The van der Waals surface area contributed by atoms with Gasteiger partial charge in [0.1, 0.15) is 0 Å². The Balaban J connectivity index is 1.65. The van der Waals surface area contributed by atoms with Crippen LogP contribution in [-0.2, 0) is 12.4 Å². The molecule has 0 heterocycles. The highest BCUT2D eigenvalue weighted by atomic mass is 79.9. The SMILES string of the molecule is Cc1cc(N(c2ccc(Br)cc2)c2ccc(N(c3ccc(Br)cc3)c3cc(C)cc(C(F)(F)F)c3)cc2)cc(C(F)(F)F)c1. The van der Waals surface area contributed by atoms with Crippen molar-refractivity contribution in [3.05, 3.63) is 140 Å². The minimum atomic E-state index is -4.54. The number of anilines is 6. The highest BCUT2D eigenvalue weighted by molar-refractivity contribution is 9.10. The van der Waals surface area contributed by atoms with Gasteiger partial charge in [-0.2, -0.15) is 26.3 Å². The van der Waals surface area contributed by atoms with Crippen LogP contribution >= 0.6 is 31.9 Å². The molecule has 44 heavy (non-hydrogen) atoms. The molecule has 2 nitrogen and oxygen atoms in total. The largest absolute Gasteiger partial charge is 0.416 e. The summed E-state index contributed by atoms with van der Waals surface area (Å²) < 4.78 is 84.3. The van der Waals surface area contributed by atoms with Gasteiger partial charge in [-0.3, -0.25) is 0 Å². The van der Waals surface area contributed by atoms with E-state index in [1.165, 1.54) is 0 Å². The lowest BCUT2D eigenvalue weighted by Gasteiger charge is -2.29. The molecule has 0 radical (unpaired) electrons. The van der Waals surface area contributed by atoms with Crippen LogP contribution in [0.15, 0.2) is 118 Å². The molecule has 0 aliphatic rings. The second-order valence-corrected chi connectivity index (χ2v) is 12.1. The van der Waals surface area contributed by atoms with Crippen LogP contribution in [0.1, 0.15) is 22.3 Å². The Morgan fingerprint density at radius 3 is 0.955 bits per heavy atom. The topological polar surface area (TPSA) is 6.48 Å². The molecule has 0 saturated heterocycles. The molecule has 0 fully saturated rings. The zero-order chi connectivity index (χ0) is 31.8. The van der Waals surface area contributed by atoms with Crippen LogP contribution in [-0.4, -0.2) is 0 Å². The fourth-order valence-corrected chi connectivity index (χ4v) is 5.47. The molecular formula is C34H24Br2F6N2. The summed E-state index contributed by atoms with van der Waals surface area (Å²) in [5.74, 6) is 0. The molecule has 5 aromatic rings. The van der Waals surface area contributed by atoms with Crippen molar-refractivity contribution in [2.24, 2.45) is 0 Å². The molecule has 0 spiro atoms. The van der Waals surface area contributed by atoms with Gasteiger partial charge in [0.05, 0.1) is 11.1 Å². The highest BCUT2D eigenvalue weighted by Gasteiger charge is 2.33. The third-order valence-electron chi connectivity index (χ3n) is 6.83. The highest BCUT2D eigenvalue weighted by Crippen LogP contribution is 2.43. The van der Waals surface area contributed by atoms with Gasteiger partial charge in [0, 0.05) is 43.1 Å². The summed E-state index contributed by atoms with van der Waals surface area (Å²) in [7, 11) is 0. The molecule has 10 heteroatoms. The van der Waals surface area contributed by atoms with Crippen molar-refractivity contribution in [3.8, 4) is 0 Å². The molecule has 226 valence electrons. The molecule has 0 N–H and O–H groups in total.